The van der Waals surface area contributed by atoms with Gasteiger partial charge in [-0.3, -0.25) is 9.59 Å². The van der Waals surface area contributed by atoms with Crippen molar-refractivity contribution in [2.45, 2.75) is 52.6 Å². The van der Waals surface area contributed by atoms with E-state index in [2.05, 4.69) is 29.4 Å². The van der Waals surface area contributed by atoms with Gasteiger partial charge in [0.05, 0.1) is 0 Å². The third kappa shape index (κ3) is 4.58. The molecule has 1 fully saturated rings. The summed E-state index contributed by atoms with van der Waals surface area (Å²) in [6.45, 7) is 8.72. The van der Waals surface area contributed by atoms with Crippen molar-refractivity contribution in [3.05, 3.63) is 36.2 Å². The maximum absolute atomic E-state index is 13.2. The number of hydrogen-bond donors (Lipinski definition) is 1. The Bertz CT molecular complexity index is 816. The number of rotatable bonds is 6. The minimum atomic E-state index is -0.525. The van der Waals surface area contributed by atoms with Gasteiger partial charge in [0.15, 0.2) is 0 Å². The van der Waals surface area contributed by atoms with Gasteiger partial charge in [-0.15, -0.1) is 10.2 Å². The van der Waals surface area contributed by atoms with Crippen molar-refractivity contribution in [2.24, 2.45) is 11.8 Å². The van der Waals surface area contributed by atoms with Crippen LogP contribution in [-0.4, -0.2) is 45.5 Å². The lowest BCUT2D eigenvalue weighted by Crippen LogP contribution is -2.62. The highest BCUT2D eigenvalue weighted by molar-refractivity contribution is 5.95. The van der Waals surface area contributed by atoms with Crippen molar-refractivity contribution in [1.29, 1.82) is 0 Å². The molecule has 3 rings (SSSR count). The molecule has 150 valence electrons. The van der Waals surface area contributed by atoms with E-state index in [0.29, 0.717) is 24.8 Å². The number of carbonyl (C=O) groups is 2. The number of carbonyl (C=O) groups excluding carboxylic acids is 2. The Morgan fingerprint density at radius 3 is 2.46 bits per heavy atom. The van der Waals surface area contributed by atoms with Crippen molar-refractivity contribution < 1.29 is 14.0 Å². The zero-order valence-corrected chi connectivity index (χ0v) is 16.9. The third-order valence-electron chi connectivity index (χ3n) is 4.78. The smallest absolute Gasteiger partial charge is 0.312 e. The summed E-state index contributed by atoms with van der Waals surface area (Å²) in [7, 11) is 0. The van der Waals surface area contributed by atoms with Gasteiger partial charge in [0.25, 0.3) is 0 Å². The van der Waals surface area contributed by atoms with E-state index in [4.69, 9.17) is 4.42 Å². The fraction of sp³-hybridized carbons (Fsp3) is 0.524. The van der Waals surface area contributed by atoms with Crippen LogP contribution in [0.3, 0.4) is 0 Å². The molecule has 2 atom stereocenters. The van der Waals surface area contributed by atoms with Crippen molar-refractivity contribution in [3.63, 3.8) is 0 Å². The Kier molecular flexibility index (Phi) is 6.11. The number of nitrogens with one attached hydrogen (secondary N) is 1. The topological polar surface area (TPSA) is 88.3 Å². The first kappa shape index (κ1) is 20.0. The summed E-state index contributed by atoms with van der Waals surface area (Å²) in [4.78, 5) is 27.5. The van der Waals surface area contributed by atoms with Gasteiger partial charge in [-0.25, -0.2) is 0 Å². The van der Waals surface area contributed by atoms with Crippen LogP contribution in [0.4, 0.5) is 0 Å². The molecule has 1 saturated heterocycles. The quantitative estimate of drug-likeness (QED) is 0.827. The number of hydrogen-bond acceptors (Lipinski definition) is 5. The monoisotopic (exact) mass is 384 g/mol. The van der Waals surface area contributed by atoms with Crippen LogP contribution in [0.5, 0.6) is 0 Å². The molecule has 0 spiro atoms. The summed E-state index contributed by atoms with van der Waals surface area (Å²) in [5.74, 6) is 0.410. The minimum absolute atomic E-state index is 0.0728. The van der Waals surface area contributed by atoms with Gasteiger partial charge in [-0.1, -0.05) is 45.9 Å². The standard InChI is InChI=1S/C21H28N4O3/c1-13(2)10-16-12-25(17(11-14(3)4)18(26)22-16)21(27)20-24-23-19(28-20)15-8-6-5-7-9-15/h5-9,13-14,16-17H,10-12H2,1-4H3,(H,22,26)/t16-,17-/m0/s1. The molecule has 0 aliphatic carbocycles. The van der Waals surface area contributed by atoms with Gasteiger partial charge in [-0.2, -0.15) is 0 Å². The first-order chi connectivity index (χ1) is 13.3. The van der Waals surface area contributed by atoms with Crippen LogP contribution in [-0.2, 0) is 4.79 Å². The number of aromatic nitrogens is 2. The maximum Gasteiger partial charge on any atom is 0.312 e. The number of benzene rings is 1. The Hall–Kier alpha value is -2.70. The first-order valence-electron chi connectivity index (χ1n) is 9.85. The largest absolute Gasteiger partial charge is 0.412 e. The number of piperazine rings is 1. The summed E-state index contributed by atoms with van der Waals surface area (Å²) >= 11 is 0. The second-order valence-corrected chi connectivity index (χ2v) is 8.22. The highest BCUT2D eigenvalue weighted by atomic mass is 16.4. The van der Waals surface area contributed by atoms with E-state index in [9.17, 15) is 9.59 Å². The van der Waals surface area contributed by atoms with Gasteiger partial charge >= 0.3 is 11.8 Å². The predicted molar refractivity (Wildman–Crippen MR) is 105 cm³/mol. The first-order valence-corrected chi connectivity index (χ1v) is 9.85. The molecule has 1 N–H and O–H groups in total. The molecule has 0 saturated carbocycles. The van der Waals surface area contributed by atoms with Gasteiger partial charge in [0.2, 0.25) is 11.8 Å². The lowest BCUT2D eigenvalue weighted by atomic mass is 9.95. The molecule has 2 amide bonds. The second kappa shape index (κ2) is 8.54. The lowest BCUT2D eigenvalue weighted by Gasteiger charge is -2.40. The van der Waals surface area contributed by atoms with Gasteiger partial charge in [0, 0.05) is 18.2 Å². The van der Waals surface area contributed by atoms with Crippen LogP contribution in [0, 0.1) is 11.8 Å². The Labute approximate surface area is 165 Å². The molecule has 28 heavy (non-hydrogen) atoms. The fourth-order valence-electron chi connectivity index (χ4n) is 3.59. The van der Waals surface area contributed by atoms with Crippen LogP contribution in [0.15, 0.2) is 34.7 Å². The number of nitrogens with zero attached hydrogens (tertiary/aromatic N) is 3. The molecule has 0 bridgehead atoms. The van der Waals surface area contributed by atoms with E-state index >= 15 is 0 Å². The Balaban J connectivity index is 1.85. The van der Waals surface area contributed by atoms with Crippen LogP contribution in [0.1, 0.15) is 51.2 Å². The van der Waals surface area contributed by atoms with Crippen LogP contribution in [0.25, 0.3) is 11.5 Å². The normalized spacial score (nSPS) is 19.9. The Morgan fingerprint density at radius 2 is 1.82 bits per heavy atom. The SMILES string of the molecule is CC(C)C[C@H]1CN(C(=O)c2nnc(-c3ccccc3)o2)[C@@H](CC(C)C)C(=O)N1. The van der Waals surface area contributed by atoms with Crippen molar-refractivity contribution in [2.75, 3.05) is 6.54 Å². The van der Waals surface area contributed by atoms with Crippen LogP contribution < -0.4 is 5.32 Å². The highest BCUT2D eigenvalue weighted by Crippen LogP contribution is 2.23. The van der Waals surface area contributed by atoms with E-state index in [0.717, 1.165) is 12.0 Å². The van der Waals surface area contributed by atoms with E-state index < -0.39 is 6.04 Å². The summed E-state index contributed by atoms with van der Waals surface area (Å²) in [5.41, 5.74) is 0.752. The fourth-order valence-corrected chi connectivity index (χ4v) is 3.59. The second-order valence-electron chi connectivity index (χ2n) is 8.22. The molecule has 7 heteroatoms. The number of amides is 2. The average molecular weight is 384 g/mol. The summed E-state index contributed by atoms with van der Waals surface area (Å²) in [6.07, 6.45) is 1.40. The third-order valence-corrected chi connectivity index (χ3v) is 4.78. The molecular formula is C21H28N4O3. The van der Waals surface area contributed by atoms with Gasteiger partial charge in [0.1, 0.15) is 6.04 Å². The van der Waals surface area contributed by atoms with Gasteiger partial charge in [-0.05, 0) is 36.8 Å². The van der Waals surface area contributed by atoms with Crippen molar-refractivity contribution in [3.8, 4) is 11.5 Å². The molecule has 1 aliphatic heterocycles. The average Bonchev–Trinajstić information content (AvgIpc) is 3.13. The molecule has 1 aliphatic rings. The van der Waals surface area contributed by atoms with Gasteiger partial charge < -0.3 is 14.6 Å². The molecule has 1 aromatic carbocycles. The molecule has 1 aromatic heterocycles. The summed E-state index contributed by atoms with van der Waals surface area (Å²) < 4.78 is 5.64. The summed E-state index contributed by atoms with van der Waals surface area (Å²) in [6, 6.07) is 8.71. The zero-order valence-electron chi connectivity index (χ0n) is 16.9. The molecular weight excluding hydrogens is 356 g/mol. The van der Waals surface area contributed by atoms with E-state index in [1.807, 2.05) is 44.2 Å². The molecule has 2 aromatic rings. The molecule has 2 heterocycles. The van der Waals surface area contributed by atoms with E-state index in [1.54, 1.807) is 4.90 Å². The molecule has 0 radical (unpaired) electrons. The van der Waals surface area contributed by atoms with Crippen LogP contribution in [0.2, 0.25) is 0 Å². The molecule has 0 unspecified atom stereocenters. The molecule has 7 nitrogen and oxygen atoms in total. The van der Waals surface area contributed by atoms with E-state index in [-0.39, 0.29) is 29.7 Å². The lowest BCUT2D eigenvalue weighted by molar-refractivity contribution is -0.130. The zero-order chi connectivity index (χ0) is 20.3. The van der Waals surface area contributed by atoms with E-state index in [1.165, 1.54) is 0 Å². The van der Waals surface area contributed by atoms with Crippen LogP contribution >= 0.6 is 0 Å². The van der Waals surface area contributed by atoms with Crippen molar-refractivity contribution >= 4 is 11.8 Å². The van der Waals surface area contributed by atoms with Crippen molar-refractivity contribution in [1.82, 2.24) is 20.4 Å². The Morgan fingerprint density at radius 1 is 1.14 bits per heavy atom. The highest BCUT2D eigenvalue weighted by Gasteiger charge is 2.39. The predicted octanol–water partition coefficient (Wildman–Crippen LogP) is 3.14. The maximum atomic E-state index is 13.2. The minimum Gasteiger partial charge on any atom is -0.412 e. The summed E-state index contributed by atoms with van der Waals surface area (Å²) in [5, 5.41) is 11.0.